The second-order valence-electron chi connectivity index (χ2n) is 5.39. The standard InChI is InChI=1S/C18H14F3N3O/c19-18(20,21)15-5-1-13(2-6-15)11-23-17(25)14-3-7-16(8-4-14)24-10-9-22-12-24/h1-10,12H,11H2,(H,23,25). The van der Waals surface area contributed by atoms with Crippen molar-refractivity contribution < 1.29 is 18.0 Å². The van der Waals surface area contributed by atoms with Gasteiger partial charge in [0.25, 0.3) is 5.91 Å². The van der Waals surface area contributed by atoms with Gasteiger partial charge in [-0.3, -0.25) is 4.79 Å². The van der Waals surface area contributed by atoms with Crippen LogP contribution in [-0.4, -0.2) is 15.5 Å². The Morgan fingerprint density at radius 1 is 1.04 bits per heavy atom. The van der Waals surface area contributed by atoms with Gasteiger partial charge in [-0.2, -0.15) is 13.2 Å². The summed E-state index contributed by atoms with van der Waals surface area (Å²) < 4.78 is 39.4. The maximum Gasteiger partial charge on any atom is 0.416 e. The molecule has 3 rings (SSSR count). The minimum atomic E-state index is -4.36. The Morgan fingerprint density at radius 2 is 1.72 bits per heavy atom. The molecule has 0 saturated carbocycles. The van der Waals surface area contributed by atoms with E-state index in [1.54, 1.807) is 43.0 Å². The maximum absolute atomic E-state index is 12.5. The Bertz CT molecular complexity index is 839. The van der Waals surface area contributed by atoms with Crippen LogP contribution in [0, 0.1) is 0 Å². The number of hydrogen-bond acceptors (Lipinski definition) is 2. The number of hydrogen-bond donors (Lipinski definition) is 1. The quantitative estimate of drug-likeness (QED) is 0.781. The number of halogens is 3. The van der Waals surface area contributed by atoms with Crippen LogP contribution in [-0.2, 0) is 12.7 Å². The summed E-state index contributed by atoms with van der Waals surface area (Å²) >= 11 is 0. The van der Waals surface area contributed by atoms with Crippen LogP contribution >= 0.6 is 0 Å². The van der Waals surface area contributed by atoms with E-state index in [0.717, 1.165) is 17.8 Å². The van der Waals surface area contributed by atoms with Gasteiger partial charge in [-0.25, -0.2) is 4.98 Å². The first kappa shape index (κ1) is 16.8. The average molecular weight is 345 g/mol. The summed E-state index contributed by atoms with van der Waals surface area (Å²) in [5.74, 6) is -0.294. The zero-order chi connectivity index (χ0) is 17.9. The van der Waals surface area contributed by atoms with Crippen molar-refractivity contribution in [1.29, 1.82) is 0 Å². The molecule has 0 unspecified atom stereocenters. The fourth-order valence-corrected chi connectivity index (χ4v) is 2.29. The number of nitrogens with one attached hydrogen (secondary N) is 1. The van der Waals surface area contributed by atoms with Gasteiger partial charge in [-0.1, -0.05) is 12.1 Å². The fraction of sp³-hybridized carbons (Fsp3) is 0.111. The first-order valence-corrected chi connectivity index (χ1v) is 7.46. The van der Waals surface area contributed by atoms with Crippen molar-refractivity contribution >= 4 is 5.91 Å². The molecule has 0 aliphatic carbocycles. The molecule has 1 amide bonds. The maximum atomic E-state index is 12.5. The van der Waals surface area contributed by atoms with Crippen LogP contribution in [0.3, 0.4) is 0 Å². The van der Waals surface area contributed by atoms with Gasteiger partial charge >= 0.3 is 6.18 Å². The van der Waals surface area contributed by atoms with Crippen LogP contribution in [0.2, 0.25) is 0 Å². The predicted octanol–water partition coefficient (Wildman–Crippen LogP) is 3.82. The fourth-order valence-electron chi connectivity index (χ4n) is 2.29. The van der Waals surface area contributed by atoms with E-state index in [1.807, 2.05) is 4.57 Å². The Labute approximate surface area is 141 Å². The largest absolute Gasteiger partial charge is 0.416 e. The minimum absolute atomic E-state index is 0.153. The summed E-state index contributed by atoms with van der Waals surface area (Å²) in [4.78, 5) is 16.1. The molecule has 128 valence electrons. The molecule has 4 nitrogen and oxygen atoms in total. The molecule has 0 spiro atoms. The van der Waals surface area contributed by atoms with Crippen molar-refractivity contribution in [2.24, 2.45) is 0 Å². The highest BCUT2D eigenvalue weighted by Crippen LogP contribution is 2.29. The molecule has 0 bridgehead atoms. The third-order valence-corrected chi connectivity index (χ3v) is 3.67. The number of rotatable bonds is 4. The number of carbonyl (C=O) groups is 1. The minimum Gasteiger partial charge on any atom is -0.348 e. The number of benzene rings is 2. The Kier molecular flexibility index (Phi) is 4.56. The molecule has 0 fully saturated rings. The molecule has 0 radical (unpaired) electrons. The van der Waals surface area contributed by atoms with E-state index in [4.69, 9.17) is 0 Å². The molecule has 2 aromatic carbocycles. The summed E-state index contributed by atoms with van der Waals surface area (Å²) in [6, 6.07) is 11.6. The van der Waals surface area contributed by atoms with Gasteiger partial charge in [0.2, 0.25) is 0 Å². The van der Waals surface area contributed by atoms with Gasteiger partial charge in [0.05, 0.1) is 11.9 Å². The number of imidazole rings is 1. The molecule has 1 aromatic heterocycles. The van der Waals surface area contributed by atoms with Crippen molar-refractivity contribution in [3.63, 3.8) is 0 Å². The van der Waals surface area contributed by atoms with E-state index in [-0.39, 0.29) is 12.5 Å². The van der Waals surface area contributed by atoms with Crippen LogP contribution in [0.15, 0.2) is 67.3 Å². The summed E-state index contributed by atoms with van der Waals surface area (Å²) in [6.45, 7) is 0.153. The number of amides is 1. The molecule has 0 saturated heterocycles. The summed E-state index contributed by atoms with van der Waals surface area (Å²) in [7, 11) is 0. The number of nitrogens with zero attached hydrogens (tertiary/aromatic N) is 2. The van der Waals surface area contributed by atoms with Gasteiger partial charge in [0, 0.05) is 30.2 Å². The molecule has 1 N–H and O–H groups in total. The highest BCUT2D eigenvalue weighted by molar-refractivity contribution is 5.94. The summed E-state index contributed by atoms with van der Waals surface area (Å²) in [5.41, 5.74) is 1.22. The smallest absolute Gasteiger partial charge is 0.348 e. The van der Waals surface area contributed by atoms with Crippen LogP contribution in [0.25, 0.3) is 5.69 Å². The van der Waals surface area contributed by atoms with Crippen molar-refractivity contribution in [1.82, 2.24) is 14.9 Å². The Balaban J connectivity index is 1.61. The highest BCUT2D eigenvalue weighted by Gasteiger charge is 2.29. The van der Waals surface area contributed by atoms with Gasteiger partial charge in [-0.05, 0) is 42.0 Å². The number of aromatic nitrogens is 2. The second-order valence-corrected chi connectivity index (χ2v) is 5.39. The normalized spacial score (nSPS) is 11.3. The Morgan fingerprint density at radius 3 is 2.28 bits per heavy atom. The lowest BCUT2D eigenvalue weighted by atomic mass is 10.1. The van der Waals surface area contributed by atoms with E-state index in [2.05, 4.69) is 10.3 Å². The van der Waals surface area contributed by atoms with E-state index >= 15 is 0 Å². The SMILES string of the molecule is O=C(NCc1ccc(C(F)(F)F)cc1)c1ccc(-n2ccnc2)cc1. The van der Waals surface area contributed by atoms with Gasteiger partial charge in [0.1, 0.15) is 0 Å². The third-order valence-electron chi connectivity index (χ3n) is 3.67. The molecule has 0 atom stereocenters. The second kappa shape index (κ2) is 6.80. The predicted molar refractivity (Wildman–Crippen MR) is 86.2 cm³/mol. The zero-order valence-electron chi connectivity index (χ0n) is 13.0. The van der Waals surface area contributed by atoms with Crippen LogP contribution in [0.1, 0.15) is 21.5 Å². The lowest BCUT2D eigenvalue weighted by Crippen LogP contribution is -2.22. The zero-order valence-corrected chi connectivity index (χ0v) is 13.0. The van der Waals surface area contributed by atoms with Crippen molar-refractivity contribution in [3.05, 3.63) is 83.9 Å². The topological polar surface area (TPSA) is 46.9 Å². The number of alkyl halides is 3. The van der Waals surface area contributed by atoms with Crippen LogP contribution < -0.4 is 5.32 Å². The van der Waals surface area contributed by atoms with Crippen molar-refractivity contribution in [3.8, 4) is 5.69 Å². The third kappa shape index (κ3) is 4.06. The molecule has 3 aromatic rings. The lowest BCUT2D eigenvalue weighted by Gasteiger charge is -2.09. The molecular formula is C18H14F3N3O. The first-order chi connectivity index (χ1) is 11.9. The van der Waals surface area contributed by atoms with E-state index in [1.165, 1.54) is 12.1 Å². The molecule has 7 heteroatoms. The average Bonchev–Trinajstić information content (AvgIpc) is 3.14. The van der Waals surface area contributed by atoms with Crippen molar-refractivity contribution in [2.45, 2.75) is 12.7 Å². The van der Waals surface area contributed by atoms with Gasteiger partial charge in [-0.15, -0.1) is 0 Å². The lowest BCUT2D eigenvalue weighted by molar-refractivity contribution is -0.137. The van der Waals surface area contributed by atoms with Gasteiger partial charge < -0.3 is 9.88 Å². The molecular weight excluding hydrogens is 331 g/mol. The monoisotopic (exact) mass is 345 g/mol. The van der Waals surface area contributed by atoms with E-state index < -0.39 is 11.7 Å². The van der Waals surface area contributed by atoms with Crippen LogP contribution in [0.5, 0.6) is 0 Å². The molecule has 25 heavy (non-hydrogen) atoms. The first-order valence-electron chi connectivity index (χ1n) is 7.46. The van der Waals surface area contributed by atoms with Gasteiger partial charge in [0.15, 0.2) is 0 Å². The van der Waals surface area contributed by atoms with E-state index in [0.29, 0.717) is 11.1 Å². The summed E-state index contributed by atoms with van der Waals surface area (Å²) in [6.07, 6.45) is 0.739. The van der Waals surface area contributed by atoms with E-state index in [9.17, 15) is 18.0 Å². The summed E-state index contributed by atoms with van der Waals surface area (Å²) in [5, 5.41) is 2.69. The molecule has 0 aliphatic heterocycles. The highest BCUT2D eigenvalue weighted by atomic mass is 19.4. The van der Waals surface area contributed by atoms with Crippen LogP contribution in [0.4, 0.5) is 13.2 Å². The molecule has 1 heterocycles. The van der Waals surface area contributed by atoms with Crippen molar-refractivity contribution in [2.75, 3.05) is 0 Å². The molecule has 0 aliphatic rings. The number of carbonyl (C=O) groups excluding carboxylic acids is 1. The Hall–Kier alpha value is -3.09.